The van der Waals surface area contributed by atoms with Crippen molar-refractivity contribution in [3.8, 4) is 0 Å². The van der Waals surface area contributed by atoms with Gasteiger partial charge in [0.05, 0.1) is 4.92 Å². The number of fused-ring (bicyclic) bond motifs is 1. The maximum Gasteiger partial charge on any atom is 0.312 e. The van der Waals surface area contributed by atoms with Crippen molar-refractivity contribution in [3.63, 3.8) is 0 Å². The fraction of sp³-hybridized carbons (Fsp3) is 0.273. The lowest BCUT2D eigenvalue weighted by molar-refractivity contribution is -0.383. The summed E-state index contributed by atoms with van der Waals surface area (Å²) in [6.07, 6.45) is 2.00. The second-order valence-corrected chi connectivity index (χ2v) is 4.35. The van der Waals surface area contributed by atoms with Gasteiger partial charge in [0.15, 0.2) is 0 Å². The smallest absolute Gasteiger partial charge is 0.312 e. The highest BCUT2D eigenvalue weighted by molar-refractivity contribution is 7.97. The minimum absolute atomic E-state index is 0.0351. The van der Waals surface area contributed by atoms with E-state index in [1.54, 1.807) is 17.8 Å². The molecule has 0 saturated carbocycles. The average molecular weight is 237 g/mol. The zero-order valence-corrected chi connectivity index (χ0v) is 9.84. The first-order valence-electron chi connectivity index (χ1n) is 4.79. The van der Waals surface area contributed by atoms with Crippen LogP contribution in [0.1, 0.15) is 11.3 Å². The highest BCUT2D eigenvalue weighted by atomic mass is 32.2. The lowest BCUT2D eigenvalue weighted by Gasteiger charge is -1.95. The van der Waals surface area contributed by atoms with Gasteiger partial charge in [-0.25, -0.2) is 0 Å². The van der Waals surface area contributed by atoms with E-state index >= 15 is 0 Å². The van der Waals surface area contributed by atoms with Gasteiger partial charge in [-0.1, -0.05) is 12.1 Å². The molecule has 0 aliphatic carbocycles. The van der Waals surface area contributed by atoms with Gasteiger partial charge in [0.2, 0.25) is 5.58 Å². The Bertz CT molecular complexity index is 547. The fourth-order valence-corrected chi connectivity index (χ4v) is 2.39. The molecule has 2 rings (SSSR count). The quantitative estimate of drug-likeness (QED) is 0.605. The van der Waals surface area contributed by atoms with Crippen LogP contribution in [-0.4, -0.2) is 11.2 Å². The van der Waals surface area contributed by atoms with E-state index in [1.165, 1.54) is 6.07 Å². The number of furan rings is 1. The maximum absolute atomic E-state index is 10.8. The lowest BCUT2D eigenvalue weighted by Crippen LogP contribution is -1.87. The fourth-order valence-electron chi connectivity index (χ4n) is 1.74. The van der Waals surface area contributed by atoms with Crippen LogP contribution in [0.3, 0.4) is 0 Å². The molecule has 5 heteroatoms. The predicted molar refractivity (Wildman–Crippen MR) is 64.8 cm³/mol. The molecule has 1 heterocycles. The molecule has 1 aromatic heterocycles. The summed E-state index contributed by atoms with van der Waals surface area (Å²) >= 11 is 1.67. The zero-order chi connectivity index (χ0) is 11.7. The molecule has 0 saturated heterocycles. The van der Waals surface area contributed by atoms with Gasteiger partial charge in [-0.2, -0.15) is 11.8 Å². The van der Waals surface area contributed by atoms with Crippen LogP contribution in [0.4, 0.5) is 5.69 Å². The maximum atomic E-state index is 10.8. The number of rotatable bonds is 3. The molecule has 0 radical (unpaired) electrons. The summed E-state index contributed by atoms with van der Waals surface area (Å²) in [6, 6.07) is 5.03. The van der Waals surface area contributed by atoms with E-state index in [2.05, 4.69) is 0 Å². The zero-order valence-electron chi connectivity index (χ0n) is 9.02. The first-order chi connectivity index (χ1) is 7.65. The summed E-state index contributed by atoms with van der Waals surface area (Å²) < 4.78 is 5.49. The SMILES string of the molecule is CSCc1c(C)oc2c([N+](=O)[O-])cccc12. The largest absolute Gasteiger partial charge is 0.454 e. The Morgan fingerprint density at radius 3 is 2.88 bits per heavy atom. The van der Waals surface area contributed by atoms with E-state index in [1.807, 2.05) is 19.2 Å². The van der Waals surface area contributed by atoms with Gasteiger partial charge in [-0.3, -0.25) is 10.1 Å². The third kappa shape index (κ3) is 1.67. The Hall–Kier alpha value is -1.49. The van der Waals surface area contributed by atoms with E-state index in [9.17, 15) is 10.1 Å². The van der Waals surface area contributed by atoms with Crippen molar-refractivity contribution >= 4 is 28.4 Å². The summed E-state index contributed by atoms with van der Waals surface area (Å²) in [7, 11) is 0. The van der Waals surface area contributed by atoms with Gasteiger partial charge < -0.3 is 4.42 Å². The van der Waals surface area contributed by atoms with Crippen molar-refractivity contribution in [1.29, 1.82) is 0 Å². The number of hydrogen-bond donors (Lipinski definition) is 0. The average Bonchev–Trinajstić information content (AvgIpc) is 2.56. The molecule has 0 aliphatic heterocycles. The van der Waals surface area contributed by atoms with Crippen molar-refractivity contribution in [2.75, 3.05) is 6.26 Å². The molecule has 0 bridgehead atoms. The standard InChI is InChI=1S/C11H11NO3S/c1-7-9(6-16-2)8-4-3-5-10(12(13)14)11(8)15-7/h3-5H,6H2,1-2H3. The summed E-state index contributed by atoms with van der Waals surface area (Å²) in [4.78, 5) is 10.4. The van der Waals surface area contributed by atoms with Crippen molar-refractivity contribution < 1.29 is 9.34 Å². The second kappa shape index (κ2) is 4.17. The van der Waals surface area contributed by atoms with E-state index in [0.717, 1.165) is 22.5 Å². The molecule has 0 amide bonds. The minimum Gasteiger partial charge on any atom is -0.454 e. The number of hydrogen-bond acceptors (Lipinski definition) is 4. The number of aryl methyl sites for hydroxylation is 1. The van der Waals surface area contributed by atoms with E-state index in [-0.39, 0.29) is 5.69 Å². The molecule has 1 aromatic carbocycles. The van der Waals surface area contributed by atoms with Gasteiger partial charge >= 0.3 is 5.69 Å². The van der Waals surface area contributed by atoms with Crippen LogP contribution in [0.25, 0.3) is 11.0 Å². The second-order valence-electron chi connectivity index (χ2n) is 3.48. The van der Waals surface area contributed by atoms with Crippen LogP contribution in [0, 0.1) is 17.0 Å². The number of nitro groups is 1. The number of para-hydroxylation sites is 1. The molecular formula is C11H11NO3S. The van der Waals surface area contributed by atoms with Crippen molar-refractivity contribution in [3.05, 3.63) is 39.6 Å². The molecule has 84 valence electrons. The summed E-state index contributed by atoms with van der Waals surface area (Å²) in [6.45, 7) is 1.84. The summed E-state index contributed by atoms with van der Waals surface area (Å²) in [5.41, 5.74) is 1.47. The number of nitro benzene ring substituents is 1. The highest BCUT2D eigenvalue weighted by Crippen LogP contribution is 2.33. The first kappa shape index (κ1) is 11.0. The molecule has 2 aromatic rings. The van der Waals surface area contributed by atoms with Crippen molar-refractivity contribution in [1.82, 2.24) is 0 Å². The van der Waals surface area contributed by atoms with Crippen LogP contribution in [0.5, 0.6) is 0 Å². The molecule has 4 nitrogen and oxygen atoms in total. The van der Waals surface area contributed by atoms with E-state index in [0.29, 0.717) is 5.58 Å². The number of non-ortho nitro benzene ring substituents is 1. The van der Waals surface area contributed by atoms with Crippen molar-refractivity contribution in [2.24, 2.45) is 0 Å². The van der Waals surface area contributed by atoms with Crippen LogP contribution < -0.4 is 0 Å². The van der Waals surface area contributed by atoms with E-state index in [4.69, 9.17) is 4.42 Å². The summed E-state index contributed by atoms with van der Waals surface area (Å²) in [5, 5.41) is 11.7. The molecule has 0 fully saturated rings. The Morgan fingerprint density at radius 2 is 2.25 bits per heavy atom. The molecule has 0 spiro atoms. The monoisotopic (exact) mass is 237 g/mol. The summed E-state index contributed by atoms with van der Waals surface area (Å²) in [5.74, 6) is 1.57. The number of thioether (sulfide) groups is 1. The Morgan fingerprint density at radius 1 is 1.50 bits per heavy atom. The number of benzene rings is 1. The van der Waals surface area contributed by atoms with Gasteiger partial charge in [-0.05, 0) is 13.2 Å². The first-order valence-corrected chi connectivity index (χ1v) is 6.19. The van der Waals surface area contributed by atoms with Crippen LogP contribution in [0.15, 0.2) is 22.6 Å². The molecule has 0 unspecified atom stereocenters. The van der Waals surface area contributed by atoms with Crippen LogP contribution in [-0.2, 0) is 5.75 Å². The third-order valence-corrected chi connectivity index (χ3v) is 3.06. The molecule has 0 aliphatic rings. The van der Waals surface area contributed by atoms with Crippen LogP contribution >= 0.6 is 11.8 Å². The normalized spacial score (nSPS) is 10.9. The van der Waals surface area contributed by atoms with Crippen LogP contribution in [0.2, 0.25) is 0 Å². The Kier molecular flexibility index (Phi) is 2.87. The van der Waals surface area contributed by atoms with Gasteiger partial charge in [0.1, 0.15) is 5.76 Å². The molecule has 0 N–H and O–H groups in total. The Labute approximate surface area is 96.8 Å². The molecule has 0 atom stereocenters. The molecular weight excluding hydrogens is 226 g/mol. The van der Waals surface area contributed by atoms with E-state index < -0.39 is 4.92 Å². The van der Waals surface area contributed by atoms with Gasteiger partial charge in [-0.15, -0.1) is 0 Å². The van der Waals surface area contributed by atoms with Crippen molar-refractivity contribution in [2.45, 2.75) is 12.7 Å². The minimum atomic E-state index is -0.409. The predicted octanol–water partition coefficient (Wildman–Crippen LogP) is 3.51. The lowest BCUT2D eigenvalue weighted by atomic mass is 10.1. The Balaban J connectivity index is 2.72. The number of nitrogens with zero attached hydrogens (tertiary/aromatic N) is 1. The highest BCUT2D eigenvalue weighted by Gasteiger charge is 2.19. The topological polar surface area (TPSA) is 56.3 Å². The van der Waals surface area contributed by atoms with Gasteiger partial charge in [0, 0.05) is 22.8 Å². The third-order valence-electron chi connectivity index (χ3n) is 2.48. The molecule has 16 heavy (non-hydrogen) atoms. The van der Waals surface area contributed by atoms with Gasteiger partial charge in [0.25, 0.3) is 0 Å².